The highest BCUT2D eigenvalue weighted by atomic mass is 16.5. The second kappa shape index (κ2) is 5.87. The number of amides is 1. The third kappa shape index (κ3) is 3.23. The van der Waals surface area contributed by atoms with E-state index in [0.717, 1.165) is 5.56 Å². The highest BCUT2D eigenvalue weighted by Gasteiger charge is 2.27. The summed E-state index contributed by atoms with van der Waals surface area (Å²) in [4.78, 5) is 13.7. The summed E-state index contributed by atoms with van der Waals surface area (Å²) in [5.41, 5.74) is 0.296. The maximum Gasteiger partial charge on any atom is 0.227 e. The van der Waals surface area contributed by atoms with E-state index in [1.165, 1.54) is 0 Å². The number of ether oxygens (including phenoxy) is 1. The van der Waals surface area contributed by atoms with Crippen molar-refractivity contribution in [3.05, 3.63) is 29.8 Å². The zero-order chi connectivity index (χ0) is 13.8. The molecule has 0 spiro atoms. The number of carbonyl (C=O) groups is 1. The van der Waals surface area contributed by atoms with Crippen LogP contribution in [-0.2, 0) is 11.2 Å². The first-order chi connectivity index (χ1) is 8.42. The van der Waals surface area contributed by atoms with E-state index in [1.807, 2.05) is 38.1 Å². The van der Waals surface area contributed by atoms with Crippen molar-refractivity contribution < 1.29 is 14.6 Å². The molecule has 1 N–H and O–H groups in total. The number of hydrogen-bond donors (Lipinski definition) is 1. The number of methoxy groups -OCH3 is 1. The predicted molar refractivity (Wildman–Crippen MR) is 70.6 cm³/mol. The monoisotopic (exact) mass is 251 g/mol. The number of rotatable bonds is 5. The van der Waals surface area contributed by atoms with Gasteiger partial charge in [-0.05, 0) is 19.9 Å². The van der Waals surface area contributed by atoms with E-state index in [1.54, 1.807) is 19.1 Å². The topological polar surface area (TPSA) is 49.8 Å². The van der Waals surface area contributed by atoms with Crippen molar-refractivity contribution in [1.82, 2.24) is 4.90 Å². The Morgan fingerprint density at radius 2 is 2.00 bits per heavy atom. The van der Waals surface area contributed by atoms with Crippen LogP contribution in [0.15, 0.2) is 24.3 Å². The van der Waals surface area contributed by atoms with Gasteiger partial charge in [0, 0.05) is 12.6 Å². The molecule has 0 saturated heterocycles. The molecule has 0 atom stereocenters. The van der Waals surface area contributed by atoms with E-state index in [2.05, 4.69) is 0 Å². The molecule has 0 aromatic heterocycles. The van der Waals surface area contributed by atoms with Crippen LogP contribution in [0.3, 0.4) is 0 Å². The Morgan fingerprint density at radius 1 is 1.39 bits per heavy atom. The second-order valence-corrected chi connectivity index (χ2v) is 4.91. The van der Waals surface area contributed by atoms with Gasteiger partial charge in [-0.1, -0.05) is 18.2 Å². The van der Waals surface area contributed by atoms with E-state index in [4.69, 9.17) is 4.74 Å². The summed E-state index contributed by atoms with van der Waals surface area (Å²) < 4.78 is 5.22. The number of likely N-dealkylation sites (N-methyl/N-ethyl adjacent to an activating group) is 1. The van der Waals surface area contributed by atoms with Crippen LogP contribution in [0.25, 0.3) is 0 Å². The van der Waals surface area contributed by atoms with Crippen LogP contribution < -0.4 is 4.74 Å². The average Bonchev–Trinajstić information content (AvgIpc) is 2.38. The van der Waals surface area contributed by atoms with E-state index in [9.17, 15) is 9.90 Å². The Bertz CT molecular complexity index is 415. The molecule has 4 heteroatoms. The molecule has 1 aromatic carbocycles. The normalized spacial score (nSPS) is 11.2. The van der Waals surface area contributed by atoms with E-state index >= 15 is 0 Å². The summed E-state index contributed by atoms with van der Waals surface area (Å²) in [6.45, 7) is 3.58. The largest absolute Gasteiger partial charge is 0.496 e. The molecule has 1 aromatic rings. The summed E-state index contributed by atoms with van der Waals surface area (Å²) in [6, 6.07) is 7.45. The van der Waals surface area contributed by atoms with Crippen molar-refractivity contribution in [3.63, 3.8) is 0 Å². The maximum atomic E-state index is 12.1. The zero-order valence-electron chi connectivity index (χ0n) is 11.4. The average molecular weight is 251 g/mol. The first-order valence-corrected chi connectivity index (χ1v) is 5.92. The summed E-state index contributed by atoms with van der Waals surface area (Å²) in [5, 5.41) is 9.26. The van der Waals surface area contributed by atoms with E-state index in [-0.39, 0.29) is 18.9 Å². The van der Waals surface area contributed by atoms with Gasteiger partial charge in [-0.2, -0.15) is 0 Å². The molecule has 4 nitrogen and oxygen atoms in total. The van der Waals surface area contributed by atoms with Gasteiger partial charge in [0.15, 0.2) is 0 Å². The Morgan fingerprint density at radius 3 is 2.56 bits per heavy atom. The quantitative estimate of drug-likeness (QED) is 0.862. The molecule has 1 amide bonds. The SMILES string of the molecule is COc1ccccc1CC(=O)N(C)C(C)(C)CO. The fourth-order valence-electron chi connectivity index (χ4n) is 1.57. The third-order valence-electron chi connectivity index (χ3n) is 3.20. The van der Waals surface area contributed by atoms with Gasteiger partial charge in [0.05, 0.1) is 25.7 Å². The van der Waals surface area contributed by atoms with Gasteiger partial charge in [0.2, 0.25) is 5.91 Å². The lowest BCUT2D eigenvalue weighted by molar-refractivity contribution is -0.135. The van der Waals surface area contributed by atoms with Gasteiger partial charge in [0.1, 0.15) is 5.75 Å². The molecule has 18 heavy (non-hydrogen) atoms. The number of aliphatic hydroxyl groups excluding tert-OH is 1. The standard InChI is InChI=1S/C14H21NO3/c1-14(2,10-16)15(3)13(17)9-11-7-5-6-8-12(11)18-4/h5-8,16H,9-10H2,1-4H3. The number of para-hydroxylation sites is 1. The van der Waals surface area contributed by atoms with E-state index in [0.29, 0.717) is 5.75 Å². The molecule has 100 valence electrons. The zero-order valence-corrected chi connectivity index (χ0v) is 11.4. The second-order valence-electron chi connectivity index (χ2n) is 4.91. The van der Waals surface area contributed by atoms with Crippen LogP contribution in [0.5, 0.6) is 5.75 Å². The number of aliphatic hydroxyl groups is 1. The number of benzene rings is 1. The van der Waals surface area contributed by atoms with E-state index < -0.39 is 5.54 Å². The minimum atomic E-state index is -0.556. The van der Waals surface area contributed by atoms with Gasteiger partial charge in [-0.3, -0.25) is 4.79 Å². The lowest BCUT2D eigenvalue weighted by Crippen LogP contribution is -2.48. The predicted octanol–water partition coefficient (Wildman–Crippen LogP) is 1.47. The number of nitrogens with zero attached hydrogens (tertiary/aromatic N) is 1. The van der Waals surface area contributed by atoms with Crippen LogP contribution in [0, 0.1) is 0 Å². The van der Waals surface area contributed by atoms with Gasteiger partial charge < -0.3 is 14.7 Å². The third-order valence-corrected chi connectivity index (χ3v) is 3.20. The molecule has 0 unspecified atom stereocenters. The van der Waals surface area contributed by atoms with Gasteiger partial charge in [-0.15, -0.1) is 0 Å². The maximum absolute atomic E-state index is 12.1. The molecule has 0 aliphatic heterocycles. The summed E-state index contributed by atoms with van der Waals surface area (Å²) >= 11 is 0. The van der Waals surface area contributed by atoms with Gasteiger partial charge >= 0.3 is 0 Å². The molecule has 0 heterocycles. The molecule has 0 aliphatic carbocycles. The lowest BCUT2D eigenvalue weighted by atomic mass is 10.0. The Balaban J connectivity index is 2.82. The number of carbonyl (C=O) groups excluding carboxylic acids is 1. The molecule has 0 saturated carbocycles. The summed E-state index contributed by atoms with van der Waals surface area (Å²) in [5.74, 6) is 0.666. The first kappa shape index (κ1) is 14.5. The minimum Gasteiger partial charge on any atom is -0.496 e. The fourth-order valence-corrected chi connectivity index (χ4v) is 1.57. The smallest absolute Gasteiger partial charge is 0.227 e. The molecule has 0 aliphatic rings. The molecule has 1 rings (SSSR count). The lowest BCUT2D eigenvalue weighted by Gasteiger charge is -2.34. The summed E-state index contributed by atoms with van der Waals surface area (Å²) in [7, 11) is 3.29. The van der Waals surface area contributed by atoms with Gasteiger partial charge in [-0.25, -0.2) is 0 Å². The molecule has 0 fully saturated rings. The Hall–Kier alpha value is -1.55. The van der Waals surface area contributed by atoms with Crippen molar-refractivity contribution in [1.29, 1.82) is 0 Å². The van der Waals surface area contributed by atoms with Crippen LogP contribution in [0.2, 0.25) is 0 Å². The van der Waals surface area contributed by atoms with Crippen molar-refractivity contribution >= 4 is 5.91 Å². The van der Waals surface area contributed by atoms with Crippen LogP contribution in [0.1, 0.15) is 19.4 Å². The highest BCUT2D eigenvalue weighted by molar-refractivity contribution is 5.80. The van der Waals surface area contributed by atoms with Crippen molar-refractivity contribution in [3.8, 4) is 5.75 Å². The van der Waals surface area contributed by atoms with Crippen molar-refractivity contribution in [2.24, 2.45) is 0 Å². The van der Waals surface area contributed by atoms with Crippen LogP contribution in [-0.4, -0.2) is 42.2 Å². The summed E-state index contributed by atoms with van der Waals surface area (Å²) in [6.07, 6.45) is 0.268. The Kier molecular flexibility index (Phi) is 4.73. The molecule has 0 bridgehead atoms. The van der Waals surface area contributed by atoms with Crippen molar-refractivity contribution in [2.75, 3.05) is 20.8 Å². The Labute approximate surface area is 108 Å². The fraction of sp³-hybridized carbons (Fsp3) is 0.500. The van der Waals surface area contributed by atoms with Crippen LogP contribution in [0.4, 0.5) is 0 Å². The van der Waals surface area contributed by atoms with Crippen LogP contribution >= 0.6 is 0 Å². The van der Waals surface area contributed by atoms with Gasteiger partial charge in [0.25, 0.3) is 0 Å². The highest BCUT2D eigenvalue weighted by Crippen LogP contribution is 2.20. The molecular weight excluding hydrogens is 230 g/mol. The first-order valence-electron chi connectivity index (χ1n) is 5.92. The minimum absolute atomic E-state index is 0.0430. The van der Waals surface area contributed by atoms with Crippen molar-refractivity contribution in [2.45, 2.75) is 25.8 Å². The number of hydrogen-bond acceptors (Lipinski definition) is 3. The molecular formula is C14H21NO3. The molecule has 0 radical (unpaired) electrons.